The van der Waals surface area contributed by atoms with E-state index in [1.165, 1.54) is 77.0 Å². The normalized spacial score (nSPS) is 59.0. The van der Waals surface area contributed by atoms with Crippen molar-refractivity contribution in [3.63, 3.8) is 0 Å². The van der Waals surface area contributed by atoms with E-state index in [9.17, 15) is 0 Å². The molecule has 9 rings (SSSR count). The molecule has 0 spiro atoms. The third-order valence-corrected chi connectivity index (χ3v) is 15.1. The van der Waals surface area contributed by atoms with Crippen LogP contribution in [-0.4, -0.2) is 60.1 Å². The largest absolute Gasteiger partial charge is 0.286 e. The topological polar surface area (TPSA) is 96.2 Å². The number of hydrogen-bond donors (Lipinski definition) is 8. The molecule has 4 saturated carbocycles. The minimum atomic E-state index is -0.0154. The van der Waals surface area contributed by atoms with Gasteiger partial charge in [0, 0.05) is 5.92 Å². The highest BCUT2D eigenvalue weighted by Crippen LogP contribution is 2.47. The molecule has 0 amide bonds. The monoisotopic (exact) mass is 620 g/mol. The average molecular weight is 622 g/mol. The highest BCUT2D eigenvalue weighted by Gasteiger charge is 2.56. The van der Waals surface area contributed by atoms with Gasteiger partial charge in [-0.1, -0.05) is 38.5 Å². The summed E-state index contributed by atoms with van der Waals surface area (Å²) in [5, 5.41) is 33.4. The summed E-state index contributed by atoms with van der Waals surface area (Å²) >= 11 is 14.1. The molecule has 8 nitrogen and oxygen atoms in total. The van der Waals surface area contributed by atoms with Crippen LogP contribution in [0.2, 0.25) is 0 Å². The summed E-state index contributed by atoms with van der Waals surface area (Å²) in [5.41, 5.74) is 0. The zero-order chi connectivity index (χ0) is 27.9. The van der Waals surface area contributed by atoms with Gasteiger partial charge >= 0.3 is 0 Å². The van der Waals surface area contributed by atoms with Crippen LogP contribution in [0.15, 0.2) is 0 Å². The van der Waals surface area contributed by atoms with Crippen LogP contribution in [0.4, 0.5) is 0 Å². The first-order chi connectivity index (χ1) is 20.6. The van der Waals surface area contributed by atoms with Crippen LogP contribution in [0, 0.1) is 47.3 Å². The molecule has 5 aliphatic heterocycles. The van der Waals surface area contributed by atoms with Crippen molar-refractivity contribution in [3.8, 4) is 0 Å². The summed E-state index contributed by atoms with van der Waals surface area (Å²) < 4.78 is 0. The molecule has 5 saturated heterocycles. The van der Waals surface area contributed by atoms with Crippen LogP contribution in [0.25, 0.3) is 0 Å². The lowest BCUT2D eigenvalue weighted by molar-refractivity contribution is 0.169. The number of rotatable bonds is 0. The first kappa shape index (κ1) is 28.5. The standard InChI is InChI=1S/C32H54Cl2N8/c33-22-14-13-21-23(24(22)34)32-41-30-20-12-6-5-11-19(20)28(39-30)37-26-16-8-2-1-7-15(16)25(35-26)36-27-17-9-3-4-10-18(17)29(38-27)40-31(21)42-32/h15-32,35-42H,1-14H2. The maximum atomic E-state index is 7.21. The van der Waals surface area contributed by atoms with E-state index in [0.717, 1.165) is 12.8 Å². The van der Waals surface area contributed by atoms with E-state index < -0.39 is 0 Å². The zero-order valence-electron chi connectivity index (χ0n) is 25.0. The van der Waals surface area contributed by atoms with Gasteiger partial charge in [-0.05, 0) is 92.8 Å². The van der Waals surface area contributed by atoms with Crippen molar-refractivity contribution < 1.29 is 0 Å². The molecule has 42 heavy (non-hydrogen) atoms. The van der Waals surface area contributed by atoms with Crippen molar-refractivity contribution in [1.29, 1.82) is 0 Å². The summed E-state index contributed by atoms with van der Waals surface area (Å²) in [7, 11) is 0. The Morgan fingerprint density at radius 1 is 0.310 bits per heavy atom. The molecule has 18 atom stereocenters. The molecule has 0 radical (unpaired) electrons. The molecule has 9 aliphatic rings. The van der Waals surface area contributed by atoms with Gasteiger partial charge in [-0.2, -0.15) is 0 Å². The predicted molar refractivity (Wildman–Crippen MR) is 167 cm³/mol. The van der Waals surface area contributed by atoms with Gasteiger partial charge in [-0.3, -0.25) is 42.5 Å². The molecule has 0 aromatic rings. The molecule has 236 valence electrons. The third kappa shape index (κ3) is 4.75. The highest BCUT2D eigenvalue weighted by molar-refractivity contribution is 6.30. The Balaban J connectivity index is 1.06. The van der Waals surface area contributed by atoms with E-state index in [1.54, 1.807) is 0 Å². The second kappa shape index (κ2) is 11.5. The van der Waals surface area contributed by atoms with Gasteiger partial charge in [0.25, 0.3) is 0 Å². The summed E-state index contributed by atoms with van der Waals surface area (Å²) in [5.74, 6) is 4.93. The molecule has 10 heteroatoms. The van der Waals surface area contributed by atoms with Crippen LogP contribution in [0.1, 0.15) is 89.9 Å². The van der Waals surface area contributed by atoms with Gasteiger partial charge < -0.3 is 0 Å². The second-order valence-electron chi connectivity index (χ2n) is 15.8. The Bertz CT molecular complexity index is 988. The van der Waals surface area contributed by atoms with Crippen molar-refractivity contribution in [1.82, 2.24) is 42.5 Å². The van der Waals surface area contributed by atoms with Crippen molar-refractivity contribution >= 4 is 23.2 Å². The van der Waals surface area contributed by atoms with Gasteiger partial charge in [0.2, 0.25) is 0 Å². The van der Waals surface area contributed by atoms with Crippen LogP contribution in [-0.2, 0) is 0 Å². The van der Waals surface area contributed by atoms with E-state index in [1.807, 2.05) is 0 Å². The fourth-order valence-corrected chi connectivity index (χ4v) is 12.7. The number of hydrogen-bond acceptors (Lipinski definition) is 8. The zero-order valence-corrected chi connectivity index (χ0v) is 26.6. The van der Waals surface area contributed by atoms with Crippen molar-refractivity contribution in [2.45, 2.75) is 150 Å². The second-order valence-corrected chi connectivity index (χ2v) is 16.8. The Hall–Kier alpha value is 0.260. The molecule has 0 aromatic carbocycles. The minimum absolute atomic E-state index is 0.0154. The summed E-state index contributed by atoms with van der Waals surface area (Å²) in [6.45, 7) is 0. The number of alkyl halides is 2. The van der Waals surface area contributed by atoms with E-state index in [-0.39, 0.29) is 23.1 Å². The summed E-state index contributed by atoms with van der Waals surface area (Å²) in [4.78, 5) is 0. The smallest absolute Gasteiger partial charge is 0.0643 e. The lowest BCUT2D eigenvalue weighted by Gasteiger charge is -2.39. The molecular weight excluding hydrogens is 567 g/mol. The van der Waals surface area contributed by atoms with Crippen LogP contribution < -0.4 is 42.5 Å². The van der Waals surface area contributed by atoms with E-state index >= 15 is 0 Å². The fourth-order valence-electron chi connectivity index (χ4n) is 11.9. The molecule has 8 bridgehead atoms. The molecule has 18 unspecified atom stereocenters. The van der Waals surface area contributed by atoms with E-state index in [4.69, 9.17) is 23.2 Å². The van der Waals surface area contributed by atoms with E-state index in [0.29, 0.717) is 84.3 Å². The SMILES string of the molecule is ClC1CCC2C3NC4NC(NC5NC(NC6NC(NC(N3)C2C1Cl)C1CCCCC61)C1CCCCC51)C1CCCCC41. The number of fused-ring (bicyclic) bond motifs is 20. The quantitative estimate of drug-likeness (QED) is 0.196. The van der Waals surface area contributed by atoms with Crippen molar-refractivity contribution in [3.05, 3.63) is 0 Å². The van der Waals surface area contributed by atoms with E-state index in [2.05, 4.69) is 42.5 Å². The Kier molecular flexibility index (Phi) is 7.80. The Morgan fingerprint density at radius 3 is 0.929 bits per heavy atom. The Labute approximate surface area is 262 Å². The van der Waals surface area contributed by atoms with Gasteiger partial charge in [-0.15, -0.1) is 23.2 Å². The summed E-state index contributed by atoms with van der Waals surface area (Å²) in [6, 6.07) is 0. The first-order valence-electron chi connectivity index (χ1n) is 18.0. The maximum absolute atomic E-state index is 7.21. The van der Waals surface area contributed by atoms with Gasteiger partial charge in [0.15, 0.2) is 0 Å². The molecule has 0 aromatic heterocycles. The molecule has 5 heterocycles. The maximum Gasteiger partial charge on any atom is 0.0643 e. The van der Waals surface area contributed by atoms with Crippen LogP contribution in [0.5, 0.6) is 0 Å². The molecule has 8 N–H and O–H groups in total. The predicted octanol–water partition coefficient (Wildman–Crippen LogP) is 3.04. The Morgan fingerprint density at radius 2 is 0.595 bits per heavy atom. The lowest BCUT2D eigenvalue weighted by Crippen LogP contribution is -2.62. The third-order valence-electron chi connectivity index (χ3n) is 13.9. The molecule has 9 fully saturated rings. The van der Waals surface area contributed by atoms with Crippen molar-refractivity contribution in [2.75, 3.05) is 0 Å². The lowest BCUT2D eigenvalue weighted by atomic mass is 9.76. The minimum Gasteiger partial charge on any atom is -0.286 e. The summed E-state index contributed by atoms with van der Waals surface area (Å²) in [6.07, 6.45) is 20.8. The first-order valence-corrected chi connectivity index (χ1v) is 18.9. The number of nitrogens with one attached hydrogen (secondary N) is 8. The average Bonchev–Trinajstić information content (AvgIpc) is 3.74. The van der Waals surface area contributed by atoms with Crippen LogP contribution >= 0.6 is 23.2 Å². The highest BCUT2D eigenvalue weighted by atomic mass is 35.5. The van der Waals surface area contributed by atoms with Gasteiger partial charge in [-0.25, -0.2) is 0 Å². The van der Waals surface area contributed by atoms with Gasteiger partial charge in [0.1, 0.15) is 0 Å². The molecular formula is C32H54Cl2N8. The fraction of sp³-hybridized carbons (Fsp3) is 1.00. The van der Waals surface area contributed by atoms with Gasteiger partial charge in [0.05, 0.1) is 60.1 Å². The van der Waals surface area contributed by atoms with Crippen LogP contribution in [0.3, 0.4) is 0 Å². The molecule has 4 aliphatic carbocycles. The van der Waals surface area contributed by atoms with Crippen molar-refractivity contribution in [2.24, 2.45) is 47.3 Å². The number of halogens is 2.